The lowest BCUT2D eigenvalue weighted by molar-refractivity contribution is 0.576. The van der Waals surface area contributed by atoms with Crippen molar-refractivity contribution in [3.63, 3.8) is 0 Å². The van der Waals surface area contributed by atoms with Gasteiger partial charge < -0.3 is 5.32 Å². The first-order valence-electron chi connectivity index (χ1n) is 6.44. The summed E-state index contributed by atoms with van der Waals surface area (Å²) in [7, 11) is 1.86. The van der Waals surface area contributed by atoms with Gasteiger partial charge in [-0.05, 0) is 29.0 Å². The van der Waals surface area contributed by atoms with Crippen LogP contribution in [0.2, 0.25) is 0 Å². The molecule has 1 atom stereocenters. The fourth-order valence-electron chi connectivity index (χ4n) is 1.78. The summed E-state index contributed by atoms with van der Waals surface area (Å²) in [6.07, 6.45) is 1.12. The third-order valence-electron chi connectivity index (χ3n) is 2.80. The summed E-state index contributed by atoms with van der Waals surface area (Å²) in [4.78, 5) is 0. The van der Waals surface area contributed by atoms with Crippen molar-refractivity contribution in [2.24, 2.45) is 7.05 Å². The molecule has 2 rings (SSSR count). The maximum absolute atomic E-state index is 4.00. The van der Waals surface area contributed by atoms with E-state index in [1.165, 1.54) is 5.56 Å². The minimum atomic E-state index is 0.322. The Morgan fingerprint density at radius 3 is 2.74 bits per heavy atom. The van der Waals surface area contributed by atoms with Crippen LogP contribution >= 0.6 is 11.8 Å². The number of aromatic nitrogens is 4. The topological polar surface area (TPSA) is 55.6 Å². The Balaban J connectivity index is 2.00. The zero-order chi connectivity index (χ0) is 13.5. The van der Waals surface area contributed by atoms with Crippen molar-refractivity contribution >= 4 is 11.8 Å². The lowest BCUT2D eigenvalue weighted by Gasteiger charge is -2.18. The van der Waals surface area contributed by atoms with E-state index >= 15 is 0 Å². The summed E-state index contributed by atoms with van der Waals surface area (Å²) in [5.41, 5.74) is 1.30. The zero-order valence-electron chi connectivity index (χ0n) is 11.3. The second kappa shape index (κ2) is 7.25. The van der Waals surface area contributed by atoms with Gasteiger partial charge in [0, 0.05) is 18.8 Å². The quantitative estimate of drug-likeness (QED) is 0.785. The molecule has 0 fully saturated rings. The maximum Gasteiger partial charge on any atom is 0.209 e. The number of tetrazole rings is 1. The van der Waals surface area contributed by atoms with E-state index in [2.05, 4.69) is 52.0 Å². The molecule has 1 aromatic heterocycles. The van der Waals surface area contributed by atoms with E-state index < -0.39 is 0 Å². The van der Waals surface area contributed by atoms with Crippen LogP contribution in [-0.2, 0) is 7.05 Å². The Morgan fingerprint density at radius 1 is 1.32 bits per heavy atom. The fourth-order valence-corrected chi connectivity index (χ4v) is 2.72. The summed E-state index contributed by atoms with van der Waals surface area (Å²) < 4.78 is 1.70. The van der Waals surface area contributed by atoms with Gasteiger partial charge in [-0.25, -0.2) is 4.68 Å². The third-order valence-corrected chi connectivity index (χ3v) is 3.91. The summed E-state index contributed by atoms with van der Waals surface area (Å²) in [6.45, 7) is 3.19. The number of rotatable bonds is 7. The predicted molar refractivity (Wildman–Crippen MR) is 77.0 cm³/mol. The third kappa shape index (κ3) is 4.04. The Hall–Kier alpha value is -1.40. The highest BCUT2D eigenvalue weighted by Crippen LogP contribution is 2.22. The molecular weight excluding hydrogens is 258 g/mol. The van der Waals surface area contributed by atoms with Crippen molar-refractivity contribution in [1.82, 2.24) is 25.5 Å². The van der Waals surface area contributed by atoms with Gasteiger partial charge >= 0.3 is 0 Å². The van der Waals surface area contributed by atoms with Crippen LogP contribution in [0.3, 0.4) is 0 Å². The number of benzene rings is 1. The van der Waals surface area contributed by atoms with Gasteiger partial charge in [0.25, 0.3) is 0 Å². The van der Waals surface area contributed by atoms with Crippen LogP contribution in [0.25, 0.3) is 0 Å². The molecule has 1 unspecified atom stereocenters. The number of thioether (sulfide) groups is 1. The van der Waals surface area contributed by atoms with Crippen molar-refractivity contribution in [2.45, 2.75) is 24.5 Å². The highest BCUT2D eigenvalue weighted by Gasteiger charge is 2.12. The minimum Gasteiger partial charge on any atom is -0.309 e. The molecule has 0 spiro atoms. The summed E-state index contributed by atoms with van der Waals surface area (Å²) >= 11 is 1.67. The van der Waals surface area contributed by atoms with Gasteiger partial charge in [0.2, 0.25) is 5.16 Å². The highest BCUT2D eigenvalue weighted by molar-refractivity contribution is 7.99. The zero-order valence-corrected chi connectivity index (χ0v) is 12.1. The molecule has 1 N–H and O–H groups in total. The van der Waals surface area contributed by atoms with Gasteiger partial charge in [0.15, 0.2) is 0 Å². The average Bonchev–Trinajstić information content (AvgIpc) is 2.85. The Morgan fingerprint density at radius 2 is 2.11 bits per heavy atom. The van der Waals surface area contributed by atoms with Crippen LogP contribution in [-0.4, -0.2) is 32.5 Å². The maximum atomic E-state index is 4.00. The molecule has 2 aromatic rings. The monoisotopic (exact) mass is 277 g/mol. The smallest absolute Gasteiger partial charge is 0.209 e. The Labute approximate surface area is 117 Å². The molecule has 5 nitrogen and oxygen atoms in total. The van der Waals surface area contributed by atoms with E-state index in [9.17, 15) is 0 Å². The van der Waals surface area contributed by atoms with E-state index in [0.29, 0.717) is 6.04 Å². The number of nitrogens with one attached hydrogen (secondary N) is 1. The molecule has 6 heteroatoms. The number of nitrogens with zero attached hydrogens (tertiary/aromatic N) is 4. The largest absolute Gasteiger partial charge is 0.309 e. The van der Waals surface area contributed by atoms with Gasteiger partial charge in [-0.1, -0.05) is 49.0 Å². The highest BCUT2D eigenvalue weighted by atomic mass is 32.2. The molecule has 0 bridgehead atoms. The van der Waals surface area contributed by atoms with Crippen LogP contribution in [0.5, 0.6) is 0 Å². The van der Waals surface area contributed by atoms with Gasteiger partial charge in [-0.15, -0.1) is 5.10 Å². The number of hydrogen-bond acceptors (Lipinski definition) is 5. The minimum absolute atomic E-state index is 0.322. The molecule has 0 saturated heterocycles. The molecular formula is C13H19N5S. The standard InChI is InChI=1S/C13H19N5S/c1-3-9-14-12(11-7-5-4-6-8-11)10-19-13-15-16-17-18(13)2/h4-8,12,14H,3,9-10H2,1-2H3. The normalized spacial score (nSPS) is 12.5. The summed E-state index contributed by atoms with van der Waals surface area (Å²) in [5.74, 6) is 0.915. The van der Waals surface area contributed by atoms with Crippen molar-refractivity contribution < 1.29 is 0 Å². The van der Waals surface area contributed by atoms with Crippen molar-refractivity contribution in [3.8, 4) is 0 Å². The molecule has 19 heavy (non-hydrogen) atoms. The van der Waals surface area contributed by atoms with E-state index in [1.807, 2.05) is 13.1 Å². The van der Waals surface area contributed by atoms with E-state index in [-0.39, 0.29) is 0 Å². The summed E-state index contributed by atoms with van der Waals surface area (Å²) in [6, 6.07) is 10.8. The Kier molecular flexibility index (Phi) is 5.35. The SMILES string of the molecule is CCCNC(CSc1nnnn1C)c1ccccc1. The first-order valence-corrected chi connectivity index (χ1v) is 7.43. The van der Waals surface area contributed by atoms with E-state index in [4.69, 9.17) is 0 Å². The van der Waals surface area contributed by atoms with E-state index in [1.54, 1.807) is 16.4 Å². The van der Waals surface area contributed by atoms with Gasteiger partial charge in [0.05, 0.1) is 0 Å². The fraction of sp³-hybridized carbons (Fsp3) is 0.462. The van der Waals surface area contributed by atoms with Crippen molar-refractivity contribution in [2.75, 3.05) is 12.3 Å². The Bertz CT molecular complexity index is 485. The van der Waals surface area contributed by atoms with Crippen molar-refractivity contribution in [1.29, 1.82) is 0 Å². The second-order valence-corrected chi connectivity index (χ2v) is 5.30. The second-order valence-electron chi connectivity index (χ2n) is 4.31. The molecule has 0 aliphatic heterocycles. The number of hydrogen-bond donors (Lipinski definition) is 1. The van der Waals surface area contributed by atoms with Crippen molar-refractivity contribution in [3.05, 3.63) is 35.9 Å². The molecule has 0 aliphatic rings. The van der Waals surface area contributed by atoms with Crippen LogP contribution in [0.15, 0.2) is 35.5 Å². The van der Waals surface area contributed by atoms with Gasteiger partial charge in [-0.3, -0.25) is 0 Å². The molecule has 0 saturated carbocycles. The molecule has 0 radical (unpaired) electrons. The van der Waals surface area contributed by atoms with Crippen LogP contribution in [0, 0.1) is 0 Å². The summed E-state index contributed by atoms with van der Waals surface area (Å²) in [5, 5.41) is 15.9. The van der Waals surface area contributed by atoms with Gasteiger partial charge in [-0.2, -0.15) is 0 Å². The molecule has 0 amide bonds. The predicted octanol–water partition coefficient (Wildman–Crippen LogP) is 2.04. The average molecular weight is 277 g/mol. The number of aryl methyl sites for hydroxylation is 1. The van der Waals surface area contributed by atoms with Crippen LogP contribution in [0.1, 0.15) is 24.9 Å². The van der Waals surface area contributed by atoms with Crippen LogP contribution < -0.4 is 5.32 Å². The molecule has 0 aliphatic carbocycles. The lowest BCUT2D eigenvalue weighted by atomic mass is 10.1. The molecule has 1 heterocycles. The van der Waals surface area contributed by atoms with Crippen LogP contribution in [0.4, 0.5) is 0 Å². The first kappa shape index (κ1) is 14.0. The lowest BCUT2D eigenvalue weighted by Crippen LogP contribution is -2.24. The molecule has 102 valence electrons. The van der Waals surface area contributed by atoms with E-state index in [0.717, 1.165) is 23.9 Å². The first-order chi connectivity index (χ1) is 9.31. The molecule has 1 aromatic carbocycles. The van der Waals surface area contributed by atoms with Gasteiger partial charge in [0.1, 0.15) is 0 Å².